The van der Waals surface area contributed by atoms with Crippen molar-refractivity contribution in [3.8, 4) is 16.5 Å². The van der Waals surface area contributed by atoms with Crippen LogP contribution in [0.3, 0.4) is 0 Å². The first kappa shape index (κ1) is 19.6. The van der Waals surface area contributed by atoms with Gasteiger partial charge < -0.3 is 9.32 Å². The van der Waals surface area contributed by atoms with Crippen LogP contribution in [0.4, 0.5) is 5.95 Å². The lowest BCUT2D eigenvalue weighted by Gasteiger charge is -2.19. The van der Waals surface area contributed by atoms with Crippen molar-refractivity contribution >= 4 is 40.6 Å². The summed E-state index contributed by atoms with van der Waals surface area (Å²) in [6.07, 6.45) is 2.32. The van der Waals surface area contributed by atoms with E-state index in [1.165, 1.54) is 0 Å². The second-order valence-electron chi connectivity index (χ2n) is 6.97. The molecule has 30 heavy (non-hydrogen) atoms. The van der Waals surface area contributed by atoms with Crippen LogP contribution in [0.2, 0.25) is 5.02 Å². The quantitative estimate of drug-likeness (QED) is 0.354. The van der Waals surface area contributed by atoms with Gasteiger partial charge in [0.15, 0.2) is 5.16 Å². The van der Waals surface area contributed by atoms with Crippen LogP contribution in [-0.2, 0) is 0 Å². The van der Waals surface area contributed by atoms with Gasteiger partial charge >= 0.3 is 0 Å². The summed E-state index contributed by atoms with van der Waals surface area (Å²) < 4.78 is 7.98. The van der Waals surface area contributed by atoms with E-state index < -0.39 is 0 Å². The highest BCUT2D eigenvalue weighted by molar-refractivity contribution is 7.99. The van der Waals surface area contributed by atoms with Crippen molar-refractivity contribution in [3.63, 3.8) is 0 Å². The van der Waals surface area contributed by atoms with Gasteiger partial charge in [-0.15, -0.1) is 31.7 Å². The van der Waals surface area contributed by atoms with E-state index in [-0.39, 0.29) is 5.25 Å². The van der Waals surface area contributed by atoms with Crippen LogP contribution >= 0.6 is 34.7 Å². The number of thioether (sulfide) groups is 1. The molecule has 1 saturated heterocycles. The lowest BCUT2D eigenvalue weighted by molar-refractivity contribution is 0.510. The fraction of sp³-hybridized carbons (Fsp3) is 0.300. The minimum atomic E-state index is -0.0835. The van der Waals surface area contributed by atoms with Gasteiger partial charge in [-0.05, 0) is 49.4 Å². The number of hydrogen-bond donors (Lipinski definition) is 0. The van der Waals surface area contributed by atoms with Gasteiger partial charge in [-0.1, -0.05) is 35.5 Å². The summed E-state index contributed by atoms with van der Waals surface area (Å²) in [6.45, 7) is 3.99. The van der Waals surface area contributed by atoms with E-state index >= 15 is 0 Å². The Morgan fingerprint density at radius 2 is 1.97 bits per heavy atom. The topological polar surface area (TPSA) is 72.9 Å². The Kier molecular flexibility index (Phi) is 5.49. The molecule has 0 saturated carbocycles. The smallest absolute Gasteiger partial charge is 0.257 e. The normalized spacial score (nSPS) is 15.1. The average molecular weight is 459 g/mol. The molecule has 0 amide bonds. The minimum Gasteiger partial charge on any atom is -0.419 e. The van der Waals surface area contributed by atoms with E-state index in [4.69, 9.17) is 16.0 Å². The van der Waals surface area contributed by atoms with Gasteiger partial charge in [0.25, 0.3) is 5.89 Å². The van der Waals surface area contributed by atoms with Crippen molar-refractivity contribution in [3.05, 3.63) is 52.7 Å². The van der Waals surface area contributed by atoms with Gasteiger partial charge in [0, 0.05) is 18.1 Å². The summed E-state index contributed by atoms with van der Waals surface area (Å²) in [7, 11) is 0. The van der Waals surface area contributed by atoms with Crippen molar-refractivity contribution in [2.24, 2.45) is 0 Å². The van der Waals surface area contributed by atoms with Gasteiger partial charge in [0.2, 0.25) is 11.8 Å². The first-order valence-electron chi connectivity index (χ1n) is 9.69. The maximum absolute atomic E-state index is 6.27. The lowest BCUT2D eigenvalue weighted by atomic mass is 10.3. The first-order chi connectivity index (χ1) is 14.7. The predicted octanol–water partition coefficient (Wildman–Crippen LogP) is 5.49. The number of halogens is 1. The molecule has 0 spiro atoms. The molecule has 0 unspecified atom stereocenters. The summed E-state index contributed by atoms with van der Waals surface area (Å²) in [5.74, 6) is 1.95. The zero-order valence-electron chi connectivity index (χ0n) is 16.2. The highest BCUT2D eigenvalue weighted by atomic mass is 35.5. The van der Waals surface area contributed by atoms with Crippen LogP contribution in [0.25, 0.3) is 16.5 Å². The number of anilines is 1. The number of nitrogens with zero attached hydrogens (tertiary/aromatic N) is 6. The van der Waals surface area contributed by atoms with E-state index in [0.717, 1.165) is 47.6 Å². The molecule has 1 aromatic carbocycles. The standard InChI is InChI=1S/C20H19ClN6OS2/c1-13(17-22-23-18(28-17)16-8-5-11-29-16)30-20-25-24-19(26-9-2-3-10-26)27(20)15-7-4-6-14(21)12-15/h4-8,11-13H,2-3,9-10H2,1H3/t13-/m0/s1. The first-order valence-corrected chi connectivity index (χ1v) is 11.8. The maximum atomic E-state index is 6.27. The molecule has 5 rings (SSSR count). The summed E-state index contributed by atoms with van der Waals surface area (Å²) in [5, 5.41) is 20.8. The molecule has 4 heterocycles. The van der Waals surface area contributed by atoms with E-state index in [1.54, 1.807) is 23.1 Å². The Morgan fingerprint density at radius 3 is 2.73 bits per heavy atom. The Labute approximate surface area is 187 Å². The van der Waals surface area contributed by atoms with Crippen molar-refractivity contribution in [1.29, 1.82) is 0 Å². The lowest BCUT2D eigenvalue weighted by Crippen LogP contribution is -2.22. The predicted molar refractivity (Wildman–Crippen MR) is 120 cm³/mol. The Bertz CT molecular complexity index is 1140. The van der Waals surface area contributed by atoms with E-state index in [0.29, 0.717) is 16.8 Å². The number of benzene rings is 1. The Morgan fingerprint density at radius 1 is 1.10 bits per heavy atom. The van der Waals surface area contributed by atoms with Gasteiger partial charge in [0.1, 0.15) is 0 Å². The molecule has 4 aromatic rings. The molecule has 0 bridgehead atoms. The van der Waals surface area contributed by atoms with Gasteiger partial charge in [0.05, 0.1) is 15.8 Å². The molecule has 154 valence electrons. The maximum Gasteiger partial charge on any atom is 0.257 e. The molecule has 3 aromatic heterocycles. The van der Waals surface area contributed by atoms with Crippen LogP contribution in [0.1, 0.15) is 30.9 Å². The molecule has 0 radical (unpaired) electrons. The van der Waals surface area contributed by atoms with Crippen LogP contribution in [0.5, 0.6) is 0 Å². The summed E-state index contributed by atoms with van der Waals surface area (Å²) >= 11 is 9.39. The zero-order valence-corrected chi connectivity index (χ0v) is 18.6. The number of thiophene rings is 1. The number of hydrogen-bond acceptors (Lipinski definition) is 8. The SMILES string of the molecule is C[C@H](Sc1nnc(N2CCCC2)n1-c1cccc(Cl)c1)c1nnc(-c2cccs2)o1. The van der Waals surface area contributed by atoms with Crippen LogP contribution in [0.15, 0.2) is 51.4 Å². The van der Waals surface area contributed by atoms with Gasteiger partial charge in [-0.25, -0.2) is 0 Å². The fourth-order valence-corrected chi connectivity index (χ4v) is 5.13. The van der Waals surface area contributed by atoms with E-state index in [1.807, 2.05) is 48.7 Å². The Balaban J connectivity index is 1.46. The van der Waals surface area contributed by atoms with Crippen LogP contribution < -0.4 is 4.90 Å². The molecule has 0 aliphatic carbocycles. The molecular formula is C20H19ClN6OS2. The second kappa shape index (κ2) is 8.41. The molecule has 1 atom stereocenters. The van der Waals surface area contributed by atoms with Crippen LogP contribution in [-0.4, -0.2) is 38.1 Å². The van der Waals surface area contributed by atoms with Crippen molar-refractivity contribution < 1.29 is 4.42 Å². The molecule has 0 N–H and O–H groups in total. The zero-order chi connectivity index (χ0) is 20.5. The molecule has 1 aliphatic rings. The number of aromatic nitrogens is 5. The summed E-state index contributed by atoms with van der Waals surface area (Å²) in [5.41, 5.74) is 0.939. The third-order valence-corrected chi connectivity index (χ3v) is 7.00. The summed E-state index contributed by atoms with van der Waals surface area (Å²) in [6, 6.07) is 11.7. The second-order valence-corrected chi connectivity index (χ2v) is 9.67. The van der Waals surface area contributed by atoms with Crippen LogP contribution in [0, 0.1) is 0 Å². The third kappa shape index (κ3) is 3.84. The van der Waals surface area contributed by atoms with E-state index in [9.17, 15) is 0 Å². The molecular weight excluding hydrogens is 440 g/mol. The summed E-state index contributed by atoms with van der Waals surface area (Å²) in [4.78, 5) is 3.23. The van der Waals surface area contributed by atoms with Gasteiger partial charge in [-0.2, -0.15) is 0 Å². The highest BCUT2D eigenvalue weighted by Crippen LogP contribution is 2.38. The van der Waals surface area contributed by atoms with Crippen molar-refractivity contribution in [2.45, 2.75) is 30.2 Å². The highest BCUT2D eigenvalue weighted by Gasteiger charge is 2.25. The monoisotopic (exact) mass is 458 g/mol. The fourth-order valence-electron chi connectivity index (χ4n) is 3.41. The molecule has 1 aliphatic heterocycles. The Hall–Kier alpha value is -2.36. The van der Waals surface area contributed by atoms with Gasteiger partial charge in [-0.3, -0.25) is 4.57 Å². The number of rotatable bonds is 6. The third-order valence-electron chi connectivity index (χ3n) is 4.87. The van der Waals surface area contributed by atoms with Crippen molar-refractivity contribution in [2.75, 3.05) is 18.0 Å². The van der Waals surface area contributed by atoms with E-state index in [2.05, 4.69) is 29.9 Å². The molecule has 1 fully saturated rings. The average Bonchev–Trinajstić information content (AvgIpc) is 3.55. The molecule has 7 nitrogen and oxygen atoms in total. The largest absolute Gasteiger partial charge is 0.419 e. The van der Waals surface area contributed by atoms with Crippen molar-refractivity contribution in [1.82, 2.24) is 25.0 Å². The molecule has 10 heteroatoms. The minimum absolute atomic E-state index is 0.0835.